The van der Waals surface area contributed by atoms with E-state index in [2.05, 4.69) is 5.10 Å². The van der Waals surface area contributed by atoms with Crippen LogP contribution in [0.5, 0.6) is 0 Å². The highest BCUT2D eigenvalue weighted by molar-refractivity contribution is 5.91. The fourth-order valence-corrected chi connectivity index (χ4v) is 2.99. The molecule has 2 aromatic rings. The minimum absolute atomic E-state index is 0.0532. The number of anilines is 2. The molecule has 7 nitrogen and oxygen atoms in total. The molecule has 1 fully saturated rings. The van der Waals surface area contributed by atoms with Crippen molar-refractivity contribution in [1.82, 2.24) is 9.78 Å². The number of aromatic nitrogens is 2. The van der Waals surface area contributed by atoms with Crippen LogP contribution in [0, 0.1) is 5.82 Å². The van der Waals surface area contributed by atoms with Crippen molar-refractivity contribution < 1.29 is 24.5 Å². The van der Waals surface area contributed by atoms with E-state index in [9.17, 15) is 14.3 Å². The Morgan fingerprint density at radius 3 is 2.67 bits per heavy atom. The van der Waals surface area contributed by atoms with Crippen LogP contribution in [0.1, 0.15) is 45.4 Å². The molecule has 1 aromatic heterocycles. The van der Waals surface area contributed by atoms with Crippen LogP contribution in [0.4, 0.5) is 15.9 Å². The molecule has 0 spiro atoms. The Morgan fingerprint density at radius 2 is 2.07 bits per heavy atom. The molecule has 0 bridgehead atoms. The van der Waals surface area contributed by atoms with Gasteiger partial charge in [0.1, 0.15) is 11.4 Å². The third-order valence-corrected chi connectivity index (χ3v) is 4.23. The van der Waals surface area contributed by atoms with Crippen LogP contribution >= 0.6 is 0 Å². The molecule has 3 N–H and O–H groups in total. The highest BCUT2D eigenvalue weighted by atomic mass is 19.1. The van der Waals surface area contributed by atoms with Crippen LogP contribution < -0.4 is 10.6 Å². The normalized spacial score (nSPS) is 23.3. The number of ether oxygens (including phenoxy) is 1. The first-order valence-electron chi connectivity index (χ1n) is 10.6. The van der Waals surface area contributed by atoms with Gasteiger partial charge in [0.2, 0.25) is 0 Å². The van der Waals surface area contributed by atoms with E-state index in [0.717, 1.165) is 0 Å². The van der Waals surface area contributed by atoms with Crippen LogP contribution in [-0.4, -0.2) is 45.1 Å². The summed E-state index contributed by atoms with van der Waals surface area (Å²) in [5.41, 5.74) is 2.67. The molecule has 148 valence electrons. The van der Waals surface area contributed by atoms with E-state index in [1.165, 1.54) is 21.7 Å². The fraction of sp³-hybridized carbons (Fsp3) is 0.579. The van der Waals surface area contributed by atoms with E-state index in [-0.39, 0.29) is 11.5 Å². The van der Waals surface area contributed by atoms with Gasteiger partial charge in [-0.15, -0.1) is 0 Å². The van der Waals surface area contributed by atoms with Gasteiger partial charge in [0.25, 0.3) is 0 Å². The lowest BCUT2D eigenvalue weighted by atomic mass is 9.88. The average Bonchev–Trinajstić information content (AvgIpc) is 2.83. The number of piperidine rings is 1. The number of rotatable bonds is 3. The molecular formula is C19H27FN4O3. The number of esters is 1. The second-order valence-corrected chi connectivity index (χ2v) is 7.66. The Hall–Kier alpha value is -2.35. The van der Waals surface area contributed by atoms with Gasteiger partial charge in [0, 0.05) is 31.0 Å². The molecule has 3 rings (SSSR count). The fourth-order valence-electron chi connectivity index (χ4n) is 2.99. The zero-order valence-electron chi connectivity index (χ0n) is 19.8. The van der Waals surface area contributed by atoms with Crippen molar-refractivity contribution in [3.8, 4) is 0 Å². The van der Waals surface area contributed by atoms with E-state index < -0.39 is 55.2 Å². The molecule has 27 heavy (non-hydrogen) atoms. The first-order chi connectivity index (χ1) is 14.0. The van der Waals surface area contributed by atoms with Gasteiger partial charge in [-0.2, -0.15) is 5.10 Å². The van der Waals surface area contributed by atoms with Crippen molar-refractivity contribution in [2.45, 2.75) is 51.1 Å². The Bertz CT molecular complexity index is 1020. The monoisotopic (exact) mass is 382 g/mol. The quantitative estimate of drug-likeness (QED) is 0.792. The number of nitrogen functional groups attached to an aromatic ring is 1. The first-order valence-corrected chi connectivity index (χ1v) is 8.58. The topological polar surface area (TPSA) is 93.6 Å². The average molecular weight is 382 g/mol. The van der Waals surface area contributed by atoms with Crippen LogP contribution in [0.15, 0.2) is 12.1 Å². The zero-order valence-corrected chi connectivity index (χ0v) is 15.8. The second kappa shape index (κ2) is 6.67. The smallest absolute Gasteiger partial charge is 0.309 e. The number of nitrogens with zero attached hydrogens (tertiary/aromatic N) is 3. The summed E-state index contributed by atoms with van der Waals surface area (Å²) in [7, 11) is 1.62. The van der Waals surface area contributed by atoms with E-state index >= 15 is 0 Å². The summed E-state index contributed by atoms with van der Waals surface area (Å²) in [6.45, 7) is 3.77. The number of aliphatic hydroxyl groups is 1. The lowest BCUT2D eigenvalue weighted by molar-refractivity contribution is -0.161. The van der Waals surface area contributed by atoms with Gasteiger partial charge >= 0.3 is 5.97 Å². The predicted octanol–water partition coefficient (Wildman–Crippen LogP) is 2.36. The van der Waals surface area contributed by atoms with Gasteiger partial charge in [-0.25, -0.2) is 4.39 Å². The third-order valence-electron chi connectivity index (χ3n) is 4.23. The SMILES string of the molecule is [2H]C1([2H])CN(c2cc3c(cc2F)c(N)nn3C)CC([2H])([2H])C1(O)CC(=O)OC(C)(C)C. The van der Waals surface area contributed by atoms with E-state index in [0.29, 0.717) is 10.9 Å². The Labute approximate surface area is 163 Å². The Kier molecular flexibility index (Phi) is 3.63. The lowest BCUT2D eigenvalue weighted by Gasteiger charge is -2.39. The molecule has 0 amide bonds. The number of aryl methyl sites for hydroxylation is 1. The predicted molar refractivity (Wildman–Crippen MR) is 102 cm³/mol. The Balaban J connectivity index is 1.98. The molecule has 0 unspecified atom stereocenters. The first kappa shape index (κ1) is 14.7. The summed E-state index contributed by atoms with van der Waals surface area (Å²) >= 11 is 0. The maximum Gasteiger partial charge on any atom is 0.309 e. The van der Waals surface area contributed by atoms with Crippen molar-refractivity contribution in [2.75, 3.05) is 23.7 Å². The molecule has 1 saturated heterocycles. The molecule has 0 saturated carbocycles. The van der Waals surface area contributed by atoms with Crippen molar-refractivity contribution >= 4 is 28.4 Å². The summed E-state index contributed by atoms with van der Waals surface area (Å²) < 4.78 is 55.0. The minimum Gasteiger partial charge on any atom is -0.460 e. The lowest BCUT2D eigenvalue weighted by Crippen LogP contribution is -2.46. The van der Waals surface area contributed by atoms with Gasteiger partial charge in [-0.1, -0.05) is 0 Å². The minimum atomic E-state index is -2.67. The standard InChI is InChI=1S/C19H27FN4O3/c1-18(2,3)27-16(25)11-19(26)5-7-24(8-6-19)15-10-14-12(9-13(15)20)17(21)22-23(14)4/h9-10,26H,5-8,11H2,1-4H3,(H2,21,22)/i5D2,6D2. The molecule has 1 aromatic carbocycles. The van der Waals surface area contributed by atoms with E-state index in [1.54, 1.807) is 27.8 Å². The van der Waals surface area contributed by atoms with Crippen LogP contribution in [0.25, 0.3) is 10.9 Å². The van der Waals surface area contributed by atoms with Gasteiger partial charge in [0.05, 0.1) is 23.2 Å². The number of nitrogens with two attached hydrogens (primary N) is 1. The summed E-state index contributed by atoms with van der Waals surface area (Å²) in [6, 6.07) is 2.58. The molecule has 2 heterocycles. The molecule has 1 aliphatic rings. The van der Waals surface area contributed by atoms with Crippen molar-refractivity contribution in [3.05, 3.63) is 17.9 Å². The van der Waals surface area contributed by atoms with Crippen LogP contribution in [-0.2, 0) is 16.6 Å². The highest BCUT2D eigenvalue weighted by Gasteiger charge is 2.36. The van der Waals surface area contributed by atoms with Crippen molar-refractivity contribution in [3.63, 3.8) is 0 Å². The molecule has 1 aliphatic heterocycles. The zero-order chi connectivity index (χ0) is 23.6. The van der Waals surface area contributed by atoms with Gasteiger partial charge in [0.15, 0.2) is 5.82 Å². The number of hydrogen-bond acceptors (Lipinski definition) is 6. The molecule has 0 radical (unpaired) electrons. The molecule has 0 aliphatic carbocycles. The summed E-state index contributed by atoms with van der Waals surface area (Å²) in [5.74, 6) is -1.51. The van der Waals surface area contributed by atoms with Crippen molar-refractivity contribution in [2.24, 2.45) is 7.05 Å². The third kappa shape index (κ3) is 4.16. The van der Waals surface area contributed by atoms with E-state index in [1.807, 2.05) is 0 Å². The number of hydrogen-bond donors (Lipinski definition) is 2. The number of halogens is 1. The maximum absolute atomic E-state index is 14.9. The number of benzene rings is 1. The van der Waals surface area contributed by atoms with Crippen LogP contribution in [0.3, 0.4) is 0 Å². The second-order valence-electron chi connectivity index (χ2n) is 7.66. The molecule has 8 heteroatoms. The van der Waals surface area contributed by atoms with E-state index in [4.69, 9.17) is 16.0 Å². The molecule has 0 atom stereocenters. The maximum atomic E-state index is 14.9. The molecular weight excluding hydrogens is 351 g/mol. The summed E-state index contributed by atoms with van der Waals surface area (Å²) in [4.78, 5) is 13.5. The summed E-state index contributed by atoms with van der Waals surface area (Å²) in [6.07, 6.45) is -6.07. The highest BCUT2D eigenvalue weighted by Crippen LogP contribution is 2.33. The van der Waals surface area contributed by atoms with Gasteiger partial charge in [-0.05, 0) is 45.6 Å². The number of fused-ring (bicyclic) bond motifs is 1. The van der Waals surface area contributed by atoms with Gasteiger partial charge < -0.3 is 20.5 Å². The van der Waals surface area contributed by atoms with Crippen molar-refractivity contribution in [1.29, 1.82) is 0 Å². The van der Waals surface area contributed by atoms with Crippen LogP contribution in [0.2, 0.25) is 0 Å². The largest absolute Gasteiger partial charge is 0.460 e. The van der Waals surface area contributed by atoms with Gasteiger partial charge in [-0.3, -0.25) is 9.48 Å². The number of carbonyl (C=O) groups is 1. The number of carbonyl (C=O) groups excluding carboxylic acids is 1. The summed E-state index contributed by atoms with van der Waals surface area (Å²) in [5, 5.41) is 15.5. The Morgan fingerprint density at radius 1 is 1.44 bits per heavy atom.